The predicted octanol–water partition coefficient (Wildman–Crippen LogP) is 2.01. The number of nitrogens with zero attached hydrogens (tertiary/aromatic N) is 2. The van der Waals surface area contributed by atoms with Crippen molar-refractivity contribution < 1.29 is 14.7 Å². The summed E-state index contributed by atoms with van der Waals surface area (Å²) in [5, 5.41) is 13.8. The molecule has 0 aromatic carbocycles. The number of anilines is 1. The average Bonchev–Trinajstić information content (AvgIpc) is 2.88. The van der Waals surface area contributed by atoms with E-state index >= 15 is 0 Å². The lowest BCUT2D eigenvalue weighted by Gasteiger charge is -2.34. The molecule has 6 nitrogen and oxygen atoms in total. The Hall–Kier alpha value is -1.60. The Labute approximate surface area is 122 Å². The van der Waals surface area contributed by atoms with E-state index in [0.717, 1.165) is 26.1 Å². The zero-order valence-electron chi connectivity index (χ0n) is 11.5. The van der Waals surface area contributed by atoms with Crippen LogP contribution in [0.3, 0.4) is 0 Å². The zero-order chi connectivity index (χ0) is 14.5. The van der Waals surface area contributed by atoms with Crippen molar-refractivity contribution in [1.82, 2.24) is 9.80 Å². The lowest BCUT2D eigenvalue weighted by molar-refractivity contribution is 0.0698. The Morgan fingerprint density at radius 3 is 2.65 bits per heavy atom. The minimum Gasteiger partial charge on any atom is -0.478 e. The Bertz CT molecular complexity index is 481. The predicted molar refractivity (Wildman–Crippen MR) is 78.6 cm³/mol. The highest BCUT2D eigenvalue weighted by atomic mass is 32.1. The van der Waals surface area contributed by atoms with E-state index in [2.05, 4.69) is 17.1 Å². The van der Waals surface area contributed by atoms with Gasteiger partial charge in [-0.3, -0.25) is 10.2 Å². The highest BCUT2D eigenvalue weighted by Gasteiger charge is 2.22. The largest absolute Gasteiger partial charge is 0.478 e. The monoisotopic (exact) mass is 297 g/mol. The highest BCUT2D eigenvalue weighted by Crippen LogP contribution is 2.23. The molecular weight excluding hydrogens is 278 g/mol. The molecule has 2 heterocycles. The summed E-state index contributed by atoms with van der Waals surface area (Å²) < 4.78 is 0. The van der Waals surface area contributed by atoms with Crippen LogP contribution < -0.4 is 5.32 Å². The molecule has 0 unspecified atom stereocenters. The number of carbonyl (C=O) groups excluding carboxylic acids is 1. The molecule has 1 fully saturated rings. The molecule has 2 rings (SSSR count). The number of hydrogen-bond donors (Lipinski definition) is 2. The molecule has 20 heavy (non-hydrogen) atoms. The standard InChI is InChI=1S/C13H19N3O3S/c1-2-4-15-5-7-16(8-6-15)13(19)14-11-10(12(17)18)3-9-20-11/h3,9H,2,4-8H2,1H3,(H,14,19)(H,17,18). The van der Waals surface area contributed by atoms with Crippen LogP contribution in [0.5, 0.6) is 0 Å². The first kappa shape index (κ1) is 14.8. The number of urea groups is 1. The van der Waals surface area contributed by atoms with Gasteiger partial charge in [-0.1, -0.05) is 6.92 Å². The molecule has 1 aromatic rings. The van der Waals surface area contributed by atoms with E-state index in [0.29, 0.717) is 18.1 Å². The molecular formula is C13H19N3O3S. The number of rotatable bonds is 4. The van der Waals surface area contributed by atoms with E-state index < -0.39 is 5.97 Å². The van der Waals surface area contributed by atoms with Crippen molar-refractivity contribution in [2.24, 2.45) is 0 Å². The molecule has 2 amide bonds. The van der Waals surface area contributed by atoms with E-state index in [9.17, 15) is 9.59 Å². The van der Waals surface area contributed by atoms with Crippen molar-refractivity contribution in [1.29, 1.82) is 0 Å². The normalized spacial score (nSPS) is 16.1. The van der Waals surface area contributed by atoms with Crippen LogP contribution in [-0.4, -0.2) is 59.6 Å². The number of nitrogens with one attached hydrogen (secondary N) is 1. The van der Waals surface area contributed by atoms with Crippen molar-refractivity contribution in [3.8, 4) is 0 Å². The van der Waals surface area contributed by atoms with Crippen LogP contribution >= 0.6 is 11.3 Å². The van der Waals surface area contributed by atoms with Gasteiger partial charge < -0.3 is 10.0 Å². The Balaban J connectivity index is 1.90. The molecule has 1 saturated heterocycles. The van der Waals surface area contributed by atoms with Crippen LogP contribution in [0.15, 0.2) is 11.4 Å². The maximum Gasteiger partial charge on any atom is 0.338 e. The van der Waals surface area contributed by atoms with Crippen molar-refractivity contribution in [3.63, 3.8) is 0 Å². The fraction of sp³-hybridized carbons (Fsp3) is 0.538. The van der Waals surface area contributed by atoms with Crippen molar-refractivity contribution in [3.05, 3.63) is 17.0 Å². The number of carboxylic acids is 1. The van der Waals surface area contributed by atoms with Gasteiger partial charge in [0, 0.05) is 26.2 Å². The van der Waals surface area contributed by atoms with Crippen molar-refractivity contribution in [2.45, 2.75) is 13.3 Å². The van der Waals surface area contributed by atoms with Crippen molar-refractivity contribution in [2.75, 3.05) is 38.0 Å². The van der Waals surface area contributed by atoms with Crippen LogP contribution in [-0.2, 0) is 0 Å². The molecule has 0 aliphatic carbocycles. The Morgan fingerprint density at radius 1 is 1.35 bits per heavy atom. The zero-order valence-corrected chi connectivity index (χ0v) is 12.3. The first-order chi connectivity index (χ1) is 9.61. The molecule has 0 radical (unpaired) electrons. The van der Waals surface area contributed by atoms with Crippen LogP contribution in [0.25, 0.3) is 0 Å². The summed E-state index contributed by atoms with van der Waals surface area (Å²) >= 11 is 1.23. The van der Waals surface area contributed by atoms with E-state index in [1.54, 1.807) is 10.3 Å². The van der Waals surface area contributed by atoms with Gasteiger partial charge in [-0.15, -0.1) is 11.3 Å². The summed E-state index contributed by atoms with van der Waals surface area (Å²) in [4.78, 5) is 27.2. The van der Waals surface area contributed by atoms with Gasteiger partial charge in [-0.05, 0) is 24.4 Å². The highest BCUT2D eigenvalue weighted by molar-refractivity contribution is 7.14. The van der Waals surface area contributed by atoms with Crippen LogP contribution in [0.1, 0.15) is 23.7 Å². The van der Waals surface area contributed by atoms with Gasteiger partial charge in [0.2, 0.25) is 0 Å². The lowest BCUT2D eigenvalue weighted by atomic mass is 10.3. The molecule has 0 bridgehead atoms. The molecule has 0 atom stereocenters. The second kappa shape index (κ2) is 6.71. The maximum atomic E-state index is 12.1. The fourth-order valence-corrected chi connectivity index (χ4v) is 3.01. The second-order valence-electron chi connectivity index (χ2n) is 4.73. The molecule has 1 aromatic heterocycles. The average molecular weight is 297 g/mol. The van der Waals surface area contributed by atoms with Gasteiger partial charge in [0.25, 0.3) is 0 Å². The third kappa shape index (κ3) is 3.49. The van der Waals surface area contributed by atoms with E-state index in [-0.39, 0.29) is 11.6 Å². The summed E-state index contributed by atoms with van der Waals surface area (Å²) in [6.45, 7) is 6.31. The fourth-order valence-electron chi connectivity index (χ4n) is 2.24. The number of carboxylic acid groups (broad SMARTS) is 1. The van der Waals surface area contributed by atoms with Crippen LogP contribution in [0, 0.1) is 0 Å². The minimum atomic E-state index is -1.02. The molecule has 1 aliphatic rings. The van der Waals surface area contributed by atoms with E-state index in [1.165, 1.54) is 17.4 Å². The summed E-state index contributed by atoms with van der Waals surface area (Å²) in [6, 6.07) is 1.29. The van der Waals surface area contributed by atoms with Gasteiger partial charge in [0.15, 0.2) is 0 Å². The minimum absolute atomic E-state index is 0.146. The second-order valence-corrected chi connectivity index (χ2v) is 5.64. The third-order valence-electron chi connectivity index (χ3n) is 3.32. The number of piperazine rings is 1. The number of aromatic carboxylic acids is 1. The summed E-state index contributed by atoms with van der Waals surface area (Å²) in [6.07, 6.45) is 1.11. The molecule has 7 heteroatoms. The summed E-state index contributed by atoms with van der Waals surface area (Å²) in [5.74, 6) is -1.02. The third-order valence-corrected chi connectivity index (χ3v) is 4.15. The summed E-state index contributed by atoms with van der Waals surface area (Å²) in [5.41, 5.74) is 0.146. The van der Waals surface area contributed by atoms with Gasteiger partial charge in [-0.2, -0.15) is 0 Å². The first-order valence-corrected chi connectivity index (χ1v) is 7.59. The summed E-state index contributed by atoms with van der Waals surface area (Å²) in [7, 11) is 0. The molecule has 0 saturated carbocycles. The van der Waals surface area contributed by atoms with Gasteiger partial charge in [0.1, 0.15) is 5.00 Å². The van der Waals surface area contributed by atoms with Crippen LogP contribution in [0.2, 0.25) is 0 Å². The smallest absolute Gasteiger partial charge is 0.338 e. The van der Waals surface area contributed by atoms with Crippen molar-refractivity contribution >= 4 is 28.3 Å². The number of thiophene rings is 1. The van der Waals surface area contributed by atoms with Gasteiger partial charge in [-0.25, -0.2) is 9.59 Å². The quantitative estimate of drug-likeness (QED) is 0.891. The maximum absolute atomic E-state index is 12.1. The SMILES string of the molecule is CCCN1CCN(C(=O)Nc2sccc2C(=O)O)CC1. The van der Waals surface area contributed by atoms with E-state index in [1.807, 2.05) is 0 Å². The van der Waals surface area contributed by atoms with Gasteiger partial charge in [0.05, 0.1) is 5.56 Å². The van der Waals surface area contributed by atoms with Gasteiger partial charge >= 0.3 is 12.0 Å². The molecule has 110 valence electrons. The Morgan fingerprint density at radius 2 is 2.05 bits per heavy atom. The van der Waals surface area contributed by atoms with E-state index in [4.69, 9.17) is 5.11 Å². The van der Waals surface area contributed by atoms with Crippen LogP contribution in [0.4, 0.5) is 9.80 Å². The first-order valence-electron chi connectivity index (χ1n) is 6.71. The molecule has 0 spiro atoms. The molecule has 1 aliphatic heterocycles. The number of hydrogen-bond acceptors (Lipinski definition) is 4. The molecule has 2 N–H and O–H groups in total. The Kier molecular flexibility index (Phi) is 4.97. The number of amides is 2. The topological polar surface area (TPSA) is 72.9 Å². The lowest BCUT2D eigenvalue weighted by Crippen LogP contribution is -2.50. The number of carbonyl (C=O) groups is 2.